The molecule has 0 heterocycles. The number of hydrogen-bond acceptors (Lipinski definition) is 5. The third kappa shape index (κ3) is 6.04. The molecule has 0 aromatic heterocycles. The summed E-state index contributed by atoms with van der Waals surface area (Å²) in [4.78, 5) is 11.8. The van der Waals surface area contributed by atoms with Crippen LogP contribution < -0.4 is 4.74 Å². The molecule has 0 spiro atoms. The number of rotatable bonds is 6. The molecule has 1 aliphatic carbocycles. The smallest absolute Gasteiger partial charge is 0.309 e. The van der Waals surface area contributed by atoms with Crippen molar-refractivity contribution in [2.75, 3.05) is 13.2 Å². The van der Waals surface area contributed by atoms with Crippen molar-refractivity contribution < 1.29 is 27.2 Å². The first-order valence-corrected chi connectivity index (χ1v) is 12.3. The van der Waals surface area contributed by atoms with Gasteiger partial charge in [-0.25, -0.2) is 0 Å². The largest absolute Gasteiger partial charge is 0.488 e. The van der Waals surface area contributed by atoms with E-state index in [1.807, 2.05) is 67.8 Å². The van der Waals surface area contributed by atoms with Gasteiger partial charge in [0.15, 0.2) is 0 Å². The third-order valence-electron chi connectivity index (χ3n) is 3.86. The van der Waals surface area contributed by atoms with Gasteiger partial charge in [0.25, 0.3) is 10.1 Å². The molecule has 0 radical (unpaired) electrons. The van der Waals surface area contributed by atoms with E-state index in [4.69, 9.17) is 9.47 Å². The molecule has 0 amide bonds. The summed E-state index contributed by atoms with van der Waals surface area (Å²) in [6.45, 7) is 0.227. The number of ether oxygens (including phenoxy) is 2. The fourth-order valence-electron chi connectivity index (χ4n) is 2.67. The van der Waals surface area contributed by atoms with Gasteiger partial charge in [-0.15, -0.1) is 0 Å². The Bertz CT molecular complexity index is 744. The summed E-state index contributed by atoms with van der Waals surface area (Å²) in [6, 6.07) is 1.62. The lowest BCUT2D eigenvalue weighted by Crippen LogP contribution is -2.22. The van der Waals surface area contributed by atoms with E-state index in [1.54, 1.807) is 6.07 Å². The Balaban J connectivity index is 1.98. The van der Waals surface area contributed by atoms with E-state index in [0.29, 0.717) is 12.9 Å². The average molecular weight is 706 g/mol. The van der Waals surface area contributed by atoms with Gasteiger partial charge in [-0.3, -0.25) is 9.35 Å². The van der Waals surface area contributed by atoms with Crippen molar-refractivity contribution in [1.29, 1.82) is 0 Å². The van der Waals surface area contributed by atoms with Crippen LogP contribution in [0.25, 0.3) is 0 Å². The summed E-state index contributed by atoms with van der Waals surface area (Å²) in [5.74, 6) is 0.162. The van der Waals surface area contributed by atoms with Gasteiger partial charge in [-0.05, 0) is 86.7 Å². The highest BCUT2D eigenvalue weighted by molar-refractivity contribution is 14.1. The number of esters is 1. The lowest BCUT2D eigenvalue weighted by Gasteiger charge is -2.20. The second-order valence-corrected chi connectivity index (χ2v) is 10.4. The highest BCUT2D eigenvalue weighted by atomic mass is 127. The zero-order chi connectivity index (χ0) is 18.6. The quantitative estimate of drug-likeness (QED) is 0.206. The molecule has 6 nitrogen and oxygen atoms in total. The first-order valence-electron chi connectivity index (χ1n) is 7.66. The van der Waals surface area contributed by atoms with Crippen LogP contribution in [0.4, 0.5) is 0 Å². The standard InChI is InChI=1S/C15H17I3O6S/c16-10-8-11(17)14(25(20,21)22)12(18)13(10)23-6-7-24-15(19)9-4-2-1-3-5-9/h8-9H,1-7H2,(H,20,21,22). The molecule has 2 rings (SSSR count). The Morgan fingerprint density at radius 3 is 2.36 bits per heavy atom. The number of hydrogen-bond donors (Lipinski definition) is 1. The predicted octanol–water partition coefficient (Wildman–Crippen LogP) is 4.25. The summed E-state index contributed by atoms with van der Waals surface area (Å²) >= 11 is 5.73. The van der Waals surface area contributed by atoms with Gasteiger partial charge < -0.3 is 9.47 Å². The molecule has 1 aromatic carbocycles. The maximum absolute atomic E-state index is 12.0. The number of carbonyl (C=O) groups excluding carboxylic acids is 1. The van der Waals surface area contributed by atoms with Crippen LogP contribution in [-0.2, 0) is 19.6 Å². The summed E-state index contributed by atoms with van der Waals surface area (Å²) in [6.07, 6.45) is 5.06. The van der Waals surface area contributed by atoms with Crippen LogP contribution >= 0.6 is 67.8 Å². The molecule has 1 N–H and O–H groups in total. The summed E-state index contributed by atoms with van der Waals surface area (Å²) < 4.78 is 44.8. The average Bonchev–Trinajstić information content (AvgIpc) is 2.52. The highest BCUT2D eigenvalue weighted by Gasteiger charge is 2.25. The summed E-state index contributed by atoms with van der Waals surface area (Å²) in [7, 11) is -4.35. The van der Waals surface area contributed by atoms with E-state index >= 15 is 0 Å². The van der Waals surface area contributed by atoms with Gasteiger partial charge in [0.05, 0.1) is 13.1 Å². The summed E-state index contributed by atoms with van der Waals surface area (Å²) in [5, 5.41) is 0. The Labute approximate surface area is 188 Å². The molecule has 0 bridgehead atoms. The predicted molar refractivity (Wildman–Crippen MR) is 117 cm³/mol. The van der Waals surface area contributed by atoms with Crippen LogP contribution in [0.3, 0.4) is 0 Å². The molecule has 1 fully saturated rings. The Hall–Kier alpha value is 0.590. The van der Waals surface area contributed by atoms with E-state index in [0.717, 1.165) is 29.3 Å². The topological polar surface area (TPSA) is 89.9 Å². The normalized spacial score (nSPS) is 15.8. The van der Waals surface area contributed by atoms with Gasteiger partial charge in [0.2, 0.25) is 0 Å². The van der Waals surface area contributed by atoms with E-state index in [9.17, 15) is 17.8 Å². The third-order valence-corrected chi connectivity index (χ3v) is 8.21. The molecule has 0 atom stereocenters. The molecule has 0 aliphatic heterocycles. The monoisotopic (exact) mass is 706 g/mol. The Kier molecular flexibility index (Phi) is 8.48. The van der Waals surface area contributed by atoms with Crippen LogP contribution in [0, 0.1) is 16.6 Å². The molecule has 10 heteroatoms. The van der Waals surface area contributed by atoms with Crippen LogP contribution in [0.5, 0.6) is 5.75 Å². The van der Waals surface area contributed by atoms with Crippen molar-refractivity contribution in [3.8, 4) is 5.75 Å². The maximum atomic E-state index is 12.0. The highest BCUT2D eigenvalue weighted by Crippen LogP contribution is 2.36. The number of benzene rings is 1. The molecule has 1 aliphatic rings. The molecule has 25 heavy (non-hydrogen) atoms. The van der Waals surface area contributed by atoms with Crippen LogP contribution in [0.1, 0.15) is 32.1 Å². The molecule has 140 valence electrons. The van der Waals surface area contributed by atoms with E-state index in [1.165, 1.54) is 6.42 Å². The zero-order valence-corrected chi connectivity index (χ0v) is 20.4. The van der Waals surface area contributed by atoms with Crippen molar-refractivity contribution in [3.63, 3.8) is 0 Å². The van der Waals surface area contributed by atoms with Crippen LogP contribution in [0.15, 0.2) is 11.0 Å². The molecule has 0 saturated heterocycles. The first kappa shape index (κ1) is 21.9. The van der Waals surface area contributed by atoms with Crippen LogP contribution in [0.2, 0.25) is 0 Å². The van der Waals surface area contributed by atoms with Crippen molar-refractivity contribution in [2.24, 2.45) is 5.92 Å². The van der Waals surface area contributed by atoms with Crippen molar-refractivity contribution in [2.45, 2.75) is 37.0 Å². The fraction of sp³-hybridized carbons (Fsp3) is 0.533. The molecule has 0 unspecified atom stereocenters. The fourth-order valence-corrected chi connectivity index (χ4v) is 8.64. The lowest BCUT2D eigenvalue weighted by atomic mass is 9.89. The molecular weight excluding hydrogens is 689 g/mol. The van der Waals surface area contributed by atoms with Crippen molar-refractivity contribution >= 4 is 83.9 Å². The first-order chi connectivity index (χ1) is 11.7. The minimum absolute atomic E-state index is 0.0153. The molecular formula is C15H17I3O6S. The molecule has 1 saturated carbocycles. The van der Waals surface area contributed by atoms with Gasteiger partial charge in [0.1, 0.15) is 23.9 Å². The number of carbonyl (C=O) groups is 1. The Morgan fingerprint density at radius 2 is 1.76 bits per heavy atom. The minimum Gasteiger partial charge on any atom is -0.488 e. The maximum Gasteiger partial charge on any atom is 0.309 e. The van der Waals surface area contributed by atoms with Crippen molar-refractivity contribution in [3.05, 3.63) is 16.8 Å². The van der Waals surface area contributed by atoms with Crippen LogP contribution in [-0.4, -0.2) is 32.2 Å². The van der Waals surface area contributed by atoms with E-state index < -0.39 is 10.1 Å². The van der Waals surface area contributed by atoms with E-state index in [2.05, 4.69) is 0 Å². The summed E-state index contributed by atoms with van der Waals surface area (Å²) in [5.41, 5.74) is 0. The SMILES string of the molecule is O=C(OCCOc1c(I)cc(I)c(S(=O)(=O)O)c1I)C1CCCCC1. The van der Waals surface area contributed by atoms with Gasteiger partial charge in [0, 0.05) is 3.57 Å². The minimum atomic E-state index is -4.35. The van der Waals surface area contributed by atoms with Gasteiger partial charge in [-0.2, -0.15) is 8.42 Å². The van der Waals surface area contributed by atoms with Gasteiger partial charge in [-0.1, -0.05) is 19.3 Å². The Morgan fingerprint density at radius 1 is 1.12 bits per heavy atom. The molecule has 1 aromatic rings. The number of halogens is 3. The van der Waals surface area contributed by atoms with Crippen molar-refractivity contribution in [1.82, 2.24) is 0 Å². The second kappa shape index (κ2) is 9.68. The lowest BCUT2D eigenvalue weighted by molar-refractivity contribution is -0.150. The van der Waals surface area contributed by atoms with Gasteiger partial charge >= 0.3 is 5.97 Å². The second-order valence-electron chi connectivity index (χ2n) is 5.64. The zero-order valence-electron chi connectivity index (χ0n) is 13.1. The van der Waals surface area contributed by atoms with E-state index in [-0.39, 0.29) is 30.0 Å².